The average Bonchev–Trinajstić information content (AvgIpc) is 2.67. The predicted octanol–water partition coefficient (Wildman–Crippen LogP) is 1.56. The molecule has 0 bridgehead atoms. The Labute approximate surface area is 105 Å². The summed E-state index contributed by atoms with van der Waals surface area (Å²) < 4.78 is 1.85. The lowest BCUT2D eigenvalue weighted by molar-refractivity contribution is 0.102. The molecule has 0 unspecified atom stereocenters. The molecular weight excluding hydrogens is 230 g/mol. The highest BCUT2D eigenvalue weighted by Crippen LogP contribution is 2.19. The lowest BCUT2D eigenvalue weighted by Crippen LogP contribution is -2.15. The molecule has 2 heterocycles. The number of carbonyl (C=O) groups excluding carboxylic acids is 1. The van der Waals surface area contributed by atoms with Crippen molar-refractivity contribution in [3.63, 3.8) is 0 Å². The van der Waals surface area contributed by atoms with Gasteiger partial charge in [0.2, 0.25) is 0 Å². The monoisotopic (exact) mass is 245 g/mol. The zero-order valence-corrected chi connectivity index (χ0v) is 10.6. The van der Waals surface area contributed by atoms with Gasteiger partial charge in [0.1, 0.15) is 5.69 Å². The van der Waals surface area contributed by atoms with Crippen molar-refractivity contribution in [2.75, 3.05) is 5.32 Å². The van der Waals surface area contributed by atoms with Crippen LogP contribution in [0, 0.1) is 13.8 Å². The molecule has 0 saturated carbocycles. The largest absolute Gasteiger partial charge is 0.317 e. The van der Waals surface area contributed by atoms with Gasteiger partial charge in [-0.3, -0.25) is 14.5 Å². The summed E-state index contributed by atoms with van der Waals surface area (Å²) in [4.78, 5) is 19.8. The van der Waals surface area contributed by atoms with E-state index in [9.17, 15) is 4.79 Å². The highest BCUT2D eigenvalue weighted by atomic mass is 16.1. The summed E-state index contributed by atoms with van der Waals surface area (Å²) in [5, 5.41) is 7.17. The molecule has 0 atom stereocenters. The molecule has 0 aliphatic heterocycles. The minimum absolute atomic E-state index is 0.273. The van der Waals surface area contributed by atoms with Gasteiger partial charge in [-0.2, -0.15) is 5.10 Å². The van der Waals surface area contributed by atoms with Crippen molar-refractivity contribution < 1.29 is 4.79 Å². The fraction of sp³-hybridized carbons (Fsp3) is 0.333. The minimum Gasteiger partial charge on any atom is -0.317 e. The van der Waals surface area contributed by atoms with Crippen molar-refractivity contribution in [1.29, 1.82) is 0 Å². The minimum atomic E-state index is -0.273. The van der Waals surface area contributed by atoms with E-state index in [1.807, 2.05) is 25.5 Å². The summed E-state index contributed by atoms with van der Waals surface area (Å²) >= 11 is 0. The van der Waals surface area contributed by atoms with Gasteiger partial charge in [-0.05, 0) is 20.8 Å². The van der Waals surface area contributed by atoms with Crippen LogP contribution in [0.25, 0.3) is 0 Å². The van der Waals surface area contributed by atoms with Crippen molar-refractivity contribution in [2.24, 2.45) is 0 Å². The Morgan fingerprint density at radius 3 is 2.72 bits per heavy atom. The smallest absolute Gasteiger partial charge is 0.275 e. The van der Waals surface area contributed by atoms with Crippen LogP contribution in [0.1, 0.15) is 28.8 Å². The van der Waals surface area contributed by atoms with Gasteiger partial charge < -0.3 is 5.32 Å². The van der Waals surface area contributed by atoms with Crippen LogP contribution in [0.3, 0.4) is 0 Å². The van der Waals surface area contributed by atoms with E-state index < -0.39 is 0 Å². The SMILES string of the molecule is CCn1nc(C)c(NC(=O)c2cnccn2)c1C. The van der Waals surface area contributed by atoms with E-state index in [-0.39, 0.29) is 5.91 Å². The van der Waals surface area contributed by atoms with Crippen molar-refractivity contribution >= 4 is 11.6 Å². The number of anilines is 1. The third-order valence-corrected chi connectivity index (χ3v) is 2.72. The Kier molecular flexibility index (Phi) is 3.36. The van der Waals surface area contributed by atoms with Crippen LogP contribution >= 0.6 is 0 Å². The molecule has 0 aromatic carbocycles. The third kappa shape index (κ3) is 2.22. The van der Waals surface area contributed by atoms with E-state index in [0.717, 1.165) is 23.6 Å². The summed E-state index contributed by atoms with van der Waals surface area (Å²) in [6.45, 7) is 6.57. The molecule has 2 aromatic rings. The Morgan fingerprint density at radius 1 is 1.39 bits per heavy atom. The topological polar surface area (TPSA) is 72.7 Å². The van der Waals surface area contributed by atoms with E-state index in [2.05, 4.69) is 20.4 Å². The number of rotatable bonds is 3. The van der Waals surface area contributed by atoms with Gasteiger partial charge in [-0.25, -0.2) is 4.98 Å². The first-order valence-electron chi connectivity index (χ1n) is 5.74. The molecule has 6 heteroatoms. The van der Waals surface area contributed by atoms with E-state index in [0.29, 0.717) is 5.69 Å². The van der Waals surface area contributed by atoms with Gasteiger partial charge in [-0.15, -0.1) is 0 Å². The number of hydrogen-bond donors (Lipinski definition) is 1. The van der Waals surface area contributed by atoms with Gasteiger partial charge in [-0.1, -0.05) is 0 Å². The quantitative estimate of drug-likeness (QED) is 0.890. The number of carbonyl (C=O) groups is 1. The van der Waals surface area contributed by atoms with E-state index in [1.54, 1.807) is 0 Å². The van der Waals surface area contributed by atoms with Crippen LogP contribution in [0.2, 0.25) is 0 Å². The summed E-state index contributed by atoms with van der Waals surface area (Å²) in [5.74, 6) is -0.273. The zero-order chi connectivity index (χ0) is 13.1. The number of nitrogens with one attached hydrogen (secondary N) is 1. The Balaban J connectivity index is 2.25. The van der Waals surface area contributed by atoms with E-state index in [4.69, 9.17) is 0 Å². The zero-order valence-electron chi connectivity index (χ0n) is 10.6. The summed E-state index contributed by atoms with van der Waals surface area (Å²) in [5.41, 5.74) is 2.77. The Hall–Kier alpha value is -2.24. The molecule has 0 aliphatic carbocycles. The Morgan fingerprint density at radius 2 is 2.17 bits per heavy atom. The lowest BCUT2D eigenvalue weighted by Gasteiger charge is -2.05. The second kappa shape index (κ2) is 4.95. The van der Waals surface area contributed by atoms with E-state index >= 15 is 0 Å². The normalized spacial score (nSPS) is 10.4. The first-order chi connectivity index (χ1) is 8.63. The maximum atomic E-state index is 12.0. The maximum absolute atomic E-state index is 12.0. The number of hydrogen-bond acceptors (Lipinski definition) is 4. The third-order valence-electron chi connectivity index (χ3n) is 2.72. The fourth-order valence-electron chi connectivity index (χ4n) is 1.78. The van der Waals surface area contributed by atoms with E-state index in [1.165, 1.54) is 18.6 Å². The molecule has 0 radical (unpaired) electrons. The first kappa shape index (κ1) is 12.2. The second-order valence-corrected chi connectivity index (χ2v) is 3.91. The molecule has 18 heavy (non-hydrogen) atoms. The molecule has 0 spiro atoms. The summed E-state index contributed by atoms with van der Waals surface area (Å²) in [6.07, 6.45) is 4.46. The predicted molar refractivity (Wildman–Crippen MR) is 67.4 cm³/mol. The molecule has 2 aromatic heterocycles. The first-order valence-corrected chi connectivity index (χ1v) is 5.74. The summed E-state index contributed by atoms with van der Waals surface area (Å²) in [6, 6.07) is 0. The van der Waals surface area contributed by atoms with Crippen LogP contribution in [0.15, 0.2) is 18.6 Å². The van der Waals surface area contributed by atoms with Crippen molar-refractivity contribution in [1.82, 2.24) is 19.7 Å². The van der Waals surface area contributed by atoms with Crippen LogP contribution in [-0.2, 0) is 6.54 Å². The fourth-order valence-corrected chi connectivity index (χ4v) is 1.78. The molecule has 1 N–H and O–H groups in total. The van der Waals surface area contributed by atoms with Crippen LogP contribution < -0.4 is 5.32 Å². The van der Waals surface area contributed by atoms with Crippen molar-refractivity contribution in [2.45, 2.75) is 27.3 Å². The van der Waals surface area contributed by atoms with Gasteiger partial charge in [0, 0.05) is 18.9 Å². The number of aromatic nitrogens is 4. The van der Waals surface area contributed by atoms with Gasteiger partial charge >= 0.3 is 0 Å². The highest BCUT2D eigenvalue weighted by Gasteiger charge is 2.15. The molecule has 2 rings (SSSR count). The molecular formula is C12H15N5O. The van der Waals surface area contributed by atoms with Crippen molar-refractivity contribution in [3.8, 4) is 0 Å². The Bertz CT molecular complexity index is 561. The van der Waals surface area contributed by atoms with Gasteiger partial charge in [0.25, 0.3) is 5.91 Å². The van der Waals surface area contributed by atoms with Crippen molar-refractivity contribution in [3.05, 3.63) is 35.7 Å². The molecule has 0 aliphatic rings. The average molecular weight is 245 g/mol. The molecule has 6 nitrogen and oxygen atoms in total. The number of nitrogens with zero attached hydrogens (tertiary/aromatic N) is 4. The lowest BCUT2D eigenvalue weighted by atomic mass is 10.3. The van der Waals surface area contributed by atoms with Gasteiger partial charge in [0.05, 0.1) is 23.3 Å². The van der Waals surface area contributed by atoms with Crippen LogP contribution in [-0.4, -0.2) is 25.7 Å². The standard InChI is InChI=1S/C12H15N5O/c1-4-17-9(3)11(8(2)16-17)15-12(18)10-7-13-5-6-14-10/h5-7H,4H2,1-3H3,(H,15,18). The van der Waals surface area contributed by atoms with Gasteiger partial charge in [0.15, 0.2) is 0 Å². The highest BCUT2D eigenvalue weighted by molar-refractivity contribution is 6.03. The molecule has 94 valence electrons. The van der Waals surface area contributed by atoms with Crippen LogP contribution in [0.5, 0.6) is 0 Å². The number of amides is 1. The van der Waals surface area contributed by atoms with Crippen LogP contribution in [0.4, 0.5) is 5.69 Å². The number of aryl methyl sites for hydroxylation is 2. The molecule has 0 saturated heterocycles. The summed E-state index contributed by atoms with van der Waals surface area (Å²) in [7, 11) is 0. The second-order valence-electron chi connectivity index (χ2n) is 3.91. The maximum Gasteiger partial charge on any atom is 0.275 e. The molecule has 1 amide bonds. The molecule has 0 fully saturated rings.